The van der Waals surface area contributed by atoms with Crippen molar-refractivity contribution in [2.24, 2.45) is 0 Å². The number of aryl methyl sites for hydroxylation is 1. The van der Waals surface area contributed by atoms with Crippen LogP contribution in [-0.2, 0) is 6.42 Å². The quantitative estimate of drug-likeness (QED) is 0.303. The molecule has 6 heterocycles. The number of hydrogen-bond acceptors (Lipinski definition) is 7. The van der Waals surface area contributed by atoms with Crippen LogP contribution in [0, 0.1) is 24.0 Å². The molecule has 1 N–H and O–H groups in total. The molecule has 4 aromatic rings. The Morgan fingerprint density at radius 2 is 2.00 bits per heavy atom. The highest BCUT2D eigenvalue weighted by Crippen LogP contribution is 2.42. The second kappa shape index (κ2) is 10.8. The number of fused-ring (bicyclic) bond motifs is 4. The van der Waals surface area contributed by atoms with E-state index >= 15 is 4.39 Å². The molecule has 2 aromatic heterocycles. The molecule has 45 heavy (non-hydrogen) atoms. The van der Waals surface area contributed by atoms with E-state index in [9.17, 15) is 8.78 Å². The summed E-state index contributed by atoms with van der Waals surface area (Å²) in [6.07, 6.45) is 9.47. The molecule has 4 atom stereocenters. The Kier molecular flexibility index (Phi) is 6.88. The zero-order valence-electron chi connectivity index (χ0n) is 25.3. The third-order valence-electron chi connectivity index (χ3n) is 10.3. The summed E-state index contributed by atoms with van der Waals surface area (Å²) in [6.45, 7) is 5.09. The molecular weight excluding hydrogens is 577 g/mol. The standard InChI is InChI=1S/C35H35F3N6O/c1-3-24-26(37)12-11-21-7-4-9-25(28(21)24)31-30(38)32-29-27(40-31)10-5-8-23-16-39-20(2)17-44(23)33(29)42-34(41-32)45-19-35-13-6-14-43(35)18-22(36)15-35/h1,4,7,9,11-12,20,22-23,39H,5-6,8,10,13-19H2,2H3/t20-,22-,23-,35+/m1/s1. The number of aromatic nitrogens is 3. The topological polar surface area (TPSA) is 66.4 Å². The number of hydrogen-bond donors (Lipinski definition) is 1. The fourth-order valence-electron chi connectivity index (χ4n) is 8.16. The maximum absolute atomic E-state index is 17.0. The molecule has 3 saturated heterocycles. The van der Waals surface area contributed by atoms with E-state index in [1.165, 1.54) is 6.07 Å². The number of halogens is 3. The number of nitrogens with one attached hydrogen (secondary N) is 1. The summed E-state index contributed by atoms with van der Waals surface area (Å²) < 4.78 is 52.8. The molecule has 8 rings (SSSR count). The van der Waals surface area contributed by atoms with E-state index in [0.29, 0.717) is 59.2 Å². The summed E-state index contributed by atoms with van der Waals surface area (Å²) in [5, 5.41) is 5.28. The van der Waals surface area contributed by atoms with Crippen molar-refractivity contribution < 1.29 is 17.9 Å². The minimum atomic E-state index is -0.894. The summed E-state index contributed by atoms with van der Waals surface area (Å²) in [7, 11) is 0. The number of terminal acetylenes is 1. The lowest BCUT2D eigenvalue weighted by Gasteiger charge is -2.41. The highest BCUT2D eigenvalue weighted by molar-refractivity contribution is 6.02. The first-order chi connectivity index (χ1) is 21.8. The smallest absolute Gasteiger partial charge is 0.319 e. The number of piperazine rings is 1. The summed E-state index contributed by atoms with van der Waals surface area (Å²) >= 11 is 0. The van der Waals surface area contributed by atoms with Gasteiger partial charge in [-0.1, -0.05) is 30.2 Å². The lowest BCUT2D eigenvalue weighted by atomic mass is 9.94. The number of pyridine rings is 1. The Bertz CT molecular complexity index is 1880. The van der Waals surface area contributed by atoms with Crippen molar-refractivity contribution in [3.05, 3.63) is 53.2 Å². The molecule has 0 spiro atoms. The maximum atomic E-state index is 17.0. The lowest BCUT2D eigenvalue weighted by molar-refractivity contribution is 0.107. The molecule has 2 aromatic carbocycles. The first kappa shape index (κ1) is 28.5. The maximum Gasteiger partial charge on any atom is 0.319 e. The van der Waals surface area contributed by atoms with Gasteiger partial charge < -0.3 is 15.0 Å². The van der Waals surface area contributed by atoms with Crippen molar-refractivity contribution in [3.8, 4) is 29.6 Å². The molecule has 0 unspecified atom stereocenters. The Hall–Kier alpha value is -3.94. The predicted molar refractivity (Wildman–Crippen MR) is 168 cm³/mol. The monoisotopic (exact) mass is 612 g/mol. The zero-order chi connectivity index (χ0) is 30.9. The van der Waals surface area contributed by atoms with Crippen molar-refractivity contribution in [2.75, 3.05) is 37.7 Å². The van der Waals surface area contributed by atoms with Gasteiger partial charge in [0, 0.05) is 49.1 Å². The number of anilines is 1. The molecule has 0 aliphatic carbocycles. The molecular formula is C35H35F3N6O. The normalized spacial score (nSPS) is 26.4. The van der Waals surface area contributed by atoms with Crippen LogP contribution in [0.15, 0.2) is 30.3 Å². The lowest BCUT2D eigenvalue weighted by Crippen LogP contribution is -2.56. The summed E-state index contributed by atoms with van der Waals surface area (Å²) in [6, 6.07) is 8.77. The number of benzene rings is 2. The zero-order valence-corrected chi connectivity index (χ0v) is 25.3. The van der Waals surface area contributed by atoms with E-state index in [4.69, 9.17) is 26.1 Å². The molecule has 0 saturated carbocycles. The van der Waals surface area contributed by atoms with E-state index in [1.807, 2.05) is 6.07 Å². The Balaban J connectivity index is 1.33. The second-order valence-electron chi connectivity index (χ2n) is 13.1. The van der Waals surface area contributed by atoms with Crippen molar-refractivity contribution >= 4 is 27.5 Å². The van der Waals surface area contributed by atoms with Gasteiger partial charge in [0.1, 0.15) is 35.6 Å². The Morgan fingerprint density at radius 3 is 2.87 bits per heavy atom. The van der Waals surface area contributed by atoms with Crippen LogP contribution in [0.3, 0.4) is 0 Å². The van der Waals surface area contributed by atoms with Crippen LogP contribution in [0.1, 0.15) is 50.3 Å². The second-order valence-corrected chi connectivity index (χ2v) is 13.1. The van der Waals surface area contributed by atoms with Gasteiger partial charge in [-0.25, -0.2) is 18.2 Å². The summed E-state index contributed by atoms with van der Waals surface area (Å²) in [5.41, 5.74) is 0.965. The van der Waals surface area contributed by atoms with E-state index in [-0.39, 0.29) is 41.5 Å². The van der Waals surface area contributed by atoms with Gasteiger partial charge in [0.25, 0.3) is 0 Å². The molecule has 0 amide bonds. The summed E-state index contributed by atoms with van der Waals surface area (Å²) in [5.74, 6) is 1.90. The average Bonchev–Trinajstić information content (AvgIpc) is 3.56. The molecule has 0 bridgehead atoms. The van der Waals surface area contributed by atoms with E-state index in [0.717, 1.165) is 38.8 Å². The van der Waals surface area contributed by atoms with Crippen LogP contribution in [0.25, 0.3) is 32.9 Å². The minimum absolute atomic E-state index is 0.0696. The molecule has 232 valence electrons. The molecule has 7 nitrogen and oxygen atoms in total. The van der Waals surface area contributed by atoms with Gasteiger partial charge in [-0.3, -0.25) is 4.90 Å². The third kappa shape index (κ3) is 4.62. The van der Waals surface area contributed by atoms with Crippen LogP contribution in [0.5, 0.6) is 6.01 Å². The van der Waals surface area contributed by atoms with Gasteiger partial charge in [-0.05, 0) is 57.0 Å². The van der Waals surface area contributed by atoms with Crippen molar-refractivity contribution in [1.29, 1.82) is 0 Å². The van der Waals surface area contributed by atoms with Crippen LogP contribution in [0.4, 0.5) is 19.0 Å². The van der Waals surface area contributed by atoms with E-state index in [2.05, 4.69) is 28.0 Å². The minimum Gasteiger partial charge on any atom is -0.461 e. The van der Waals surface area contributed by atoms with Gasteiger partial charge in [0.05, 0.1) is 22.2 Å². The summed E-state index contributed by atoms with van der Waals surface area (Å²) in [4.78, 5) is 19.0. The SMILES string of the molecule is C#Cc1c(F)ccc2cccc(-c3nc4c5c(nc(OC[C@@]67CCCN6C[C@H](F)C7)nc5c3F)N3C[C@@H](C)NC[C@H]3CCC4)c12. The van der Waals surface area contributed by atoms with Gasteiger partial charge in [0.2, 0.25) is 0 Å². The molecule has 4 aliphatic heterocycles. The number of nitrogens with zero attached hydrogens (tertiary/aromatic N) is 5. The molecule has 0 radical (unpaired) electrons. The van der Waals surface area contributed by atoms with Crippen LogP contribution in [0.2, 0.25) is 0 Å². The van der Waals surface area contributed by atoms with E-state index in [1.54, 1.807) is 18.2 Å². The van der Waals surface area contributed by atoms with Crippen LogP contribution in [-0.4, -0.2) is 76.4 Å². The Morgan fingerprint density at radius 1 is 1.11 bits per heavy atom. The highest BCUT2D eigenvalue weighted by Gasteiger charge is 2.49. The molecule has 3 fully saturated rings. The third-order valence-corrected chi connectivity index (χ3v) is 10.3. The highest BCUT2D eigenvalue weighted by atomic mass is 19.1. The number of alkyl halides is 1. The van der Waals surface area contributed by atoms with Crippen LogP contribution < -0.4 is 15.0 Å². The predicted octanol–water partition coefficient (Wildman–Crippen LogP) is 5.56. The van der Waals surface area contributed by atoms with Crippen molar-refractivity contribution in [3.63, 3.8) is 0 Å². The van der Waals surface area contributed by atoms with E-state index < -0.39 is 23.3 Å². The number of rotatable bonds is 4. The fraction of sp³-hybridized carbons (Fsp3) is 0.457. The van der Waals surface area contributed by atoms with Gasteiger partial charge in [-0.15, -0.1) is 6.42 Å². The van der Waals surface area contributed by atoms with Crippen LogP contribution >= 0.6 is 0 Å². The average molecular weight is 613 g/mol. The van der Waals surface area contributed by atoms with Gasteiger partial charge in [-0.2, -0.15) is 9.97 Å². The first-order valence-electron chi connectivity index (χ1n) is 16.0. The fourth-order valence-corrected chi connectivity index (χ4v) is 8.16. The Labute approximate surface area is 260 Å². The van der Waals surface area contributed by atoms with Gasteiger partial charge in [0.15, 0.2) is 5.82 Å². The van der Waals surface area contributed by atoms with Crippen molar-refractivity contribution in [1.82, 2.24) is 25.2 Å². The molecule has 10 heteroatoms. The number of ether oxygens (including phenoxy) is 1. The van der Waals surface area contributed by atoms with Crippen molar-refractivity contribution in [2.45, 2.75) is 69.2 Å². The first-order valence-corrected chi connectivity index (χ1v) is 16.0. The van der Waals surface area contributed by atoms with Gasteiger partial charge >= 0.3 is 6.01 Å². The largest absolute Gasteiger partial charge is 0.461 e. The molecule has 4 aliphatic rings.